The number of Topliss-reactive ketones (excluding diaryl/α,β-unsaturated/α-hetero) is 1. The molecule has 13 heteroatoms. The van der Waals surface area contributed by atoms with Crippen molar-refractivity contribution in [2.45, 2.75) is 71.0 Å². The van der Waals surface area contributed by atoms with Crippen LogP contribution in [0.25, 0.3) is 0 Å². The lowest BCUT2D eigenvalue weighted by molar-refractivity contribution is -0.119. The van der Waals surface area contributed by atoms with E-state index in [1.807, 2.05) is 6.92 Å². The highest BCUT2D eigenvalue weighted by Crippen LogP contribution is 2.39. The van der Waals surface area contributed by atoms with Gasteiger partial charge in [0.25, 0.3) is 0 Å². The minimum absolute atomic E-state index is 0.000139. The quantitative estimate of drug-likeness (QED) is 0.0997. The number of aromatic hydroxyl groups is 2. The standard InChI is InChI=1S/C27H42N2O9P2/c1-2-10-25(30)14-5-3-4-13-24(29(21-40(36,37)38)18-23-12-7-9-16-27(23)32)19-28(20-39(33,34)35)17-22-11-6-8-15-26(22)31/h6-9,11-12,15-16,24,31-32H,2-5,10,13-14,17-21H2,1H3,(H2,33,34,35)(H2,36,37,38). The van der Waals surface area contributed by atoms with Gasteiger partial charge in [-0.25, -0.2) is 0 Å². The highest BCUT2D eigenvalue weighted by Gasteiger charge is 2.30. The fourth-order valence-corrected chi connectivity index (χ4v) is 6.22. The Hall–Kier alpha value is -2.07. The maximum atomic E-state index is 12.2. The molecule has 0 aromatic heterocycles. The lowest BCUT2D eigenvalue weighted by atomic mass is 10.0. The lowest BCUT2D eigenvalue weighted by Gasteiger charge is -2.36. The molecule has 0 spiro atoms. The van der Waals surface area contributed by atoms with Crippen molar-refractivity contribution in [3.8, 4) is 11.5 Å². The van der Waals surface area contributed by atoms with Crippen LogP contribution in [0.15, 0.2) is 48.5 Å². The van der Waals surface area contributed by atoms with Crippen LogP contribution in [0.2, 0.25) is 0 Å². The molecule has 1 unspecified atom stereocenters. The van der Waals surface area contributed by atoms with Gasteiger partial charge in [0, 0.05) is 49.6 Å². The number of hydrogen-bond donors (Lipinski definition) is 6. The van der Waals surface area contributed by atoms with E-state index in [4.69, 9.17) is 0 Å². The first-order chi connectivity index (χ1) is 18.8. The number of hydrogen-bond acceptors (Lipinski definition) is 7. The molecule has 40 heavy (non-hydrogen) atoms. The van der Waals surface area contributed by atoms with Crippen LogP contribution in [0.3, 0.4) is 0 Å². The van der Waals surface area contributed by atoms with Crippen LogP contribution in [0, 0.1) is 0 Å². The van der Waals surface area contributed by atoms with Crippen LogP contribution >= 0.6 is 15.2 Å². The number of phenols is 2. The van der Waals surface area contributed by atoms with Crippen LogP contribution in [-0.2, 0) is 27.0 Å². The number of carbonyl (C=O) groups excluding carboxylic acids is 1. The number of carbonyl (C=O) groups is 1. The molecular formula is C27H42N2O9P2. The van der Waals surface area contributed by atoms with E-state index in [-0.39, 0.29) is 36.9 Å². The predicted octanol–water partition coefficient (Wildman–Crippen LogP) is 4.36. The SMILES string of the molecule is CCCC(=O)CCCCCC(CN(Cc1ccccc1O)CP(=O)(O)O)N(Cc1ccccc1O)CP(=O)(O)O. The number of phenolic OH excluding ortho intramolecular Hbond substituents is 2. The average Bonchev–Trinajstić information content (AvgIpc) is 2.84. The molecule has 0 radical (unpaired) electrons. The summed E-state index contributed by atoms with van der Waals surface area (Å²) >= 11 is 0. The predicted molar refractivity (Wildman–Crippen MR) is 153 cm³/mol. The third kappa shape index (κ3) is 13.5. The fraction of sp³-hybridized carbons (Fsp3) is 0.519. The molecule has 2 aromatic rings. The first-order valence-corrected chi connectivity index (χ1v) is 17.0. The molecule has 0 saturated heterocycles. The van der Waals surface area contributed by atoms with Gasteiger partial charge in [-0.05, 0) is 31.4 Å². The number of ketones is 1. The minimum atomic E-state index is -4.56. The van der Waals surface area contributed by atoms with E-state index >= 15 is 0 Å². The van der Waals surface area contributed by atoms with E-state index in [1.54, 1.807) is 36.4 Å². The van der Waals surface area contributed by atoms with Crippen molar-refractivity contribution < 1.29 is 43.7 Å². The maximum Gasteiger partial charge on any atom is 0.339 e. The van der Waals surface area contributed by atoms with E-state index in [1.165, 1.54) is 21.9 Å². The number of rotatable bonds is 19. The molecule has 1 atom stereocenters. The molecule has 0 aliphatic heterocycles. The first-order valence-electron chi connectivity index (χ1n) is 13.4. The molecule has 11 nitrogen and oxygen atoms in total. The van der Waals surface area contributed by atoms with E-state index in [0.717, 1.165) is 6.42 Å². The molecule has 0 aliphatic rings. The highest BCUT2D eigenvalue weighted by atomic mass is 31.2. The molecule has 224 valence electrons. The zero-order chi connectivity index (χ0) is 29.8. The summed E-state index contributed by atoms with van der Waals surface area (Å²) < 4.78 is 24.2. The Balaban J connectivity index is 2.34. The molecule has 6 N–H and O–H groups in total. The zero-order valence-electron chi connectivity index (χ0n) is 22.9. The van der Waals surface area contributed by atoms with Gasteiger partial charge in [0.2, 0.25) is 0 Å². The van der Waals surface area contributed by atoms with Gasteiger partial charge in [0.1, 0.15) is 29.9 Å². The van der Waals surface area contributed by atoms with Crippen molar-refractivity contribution in [2.24, 2.45) is 0 Å². The molecule has 0 aliphatic carbocycles. The molecule has 0 bridgehead atoms. The summed E-state index contributed by atoms with van der Waals surface area (Å²) in [6.45, 7) is 1.97. The summed E-state index contributed by atoms with van der Waals surface area (Å²) in [5.41, 5.74) is 0.903. The topological polar surface area (TPSA) is 179 Å². The summed E-state index contributed by atoms with van der Waals surface area (Å²) in [4.78, 5) is 54.3. The maximum absolute atomic E-state index is 12.2. The van der Waals surface area contributed by atoms with E-state index < -0.39 is 33.8 Å². The minimum Gasteiger partial charge on any atom is -0.508 e. The van der Waals surface area contributed by atoms with Gasteiger partial charge in [-0.3, -0.25) is 23.7 Å². The number of benzene rings is 2. The first kappa shape index (κ1) is 34.1. The summed E-state index contributed by atoms with van der Waals surface area (Å²) in [6, 6.07) is 12.3. The van der Waals surface area contributed by atoms with Crippen molar-refractivity contribution in [1.82, 2.24) is 9.80 Å². The average molecular weight is 601 g/mol. The summed E-state index contributed by atoms with van der Waals surface area (Å²) in [5.74, 6) is 0.123. The van der Waals surface area contributed by atoms with Gasteiger partial charge < -0.3 is 29.8 Å². The van der Waals surface area contributed by atoms with Crippen molar-refractivity contribution in [1.29, 1.82) is 0 Å². The van der Waals surface area contributed by atoms with E-state index in [9.17, 15) is 43.7 Å². The monoisotopic (exact) mass is 600 g/mol. The molecule has 2 rings (SSSR count). The zero-order valence-corrected chi connectivity index (χ0v) is 24.7. The van der Waals surface area contributed by atoms with Crippen LogP contribution < -0.4 is 0 Å². The lowest BCUT2D eigenvalue weighted by Crippen LogP contribution is -2.44. The second-order valence-electron chi connectivity index (χ2n) is 10.2. The van der Waals surface area contributed by atoms with Gasteiger partial charge in [0.15, 0.2) is 0 Å². The summed E-state index contributed by atoms with van der Waals surface area (Å²) in [6.07, 6.45) is 2.94. The van der Waals surface area contributed by atoms with Crippen molar-refractivity contribution >= 4 is 21.0 Å². The summed E-state index contributed by atoms with van der Waals surface area (Å²) in [7, 11) is -9.10. The van der Waals surface area contributed by atoms with Gasteiger partial charge in [0.05, 0.1) is 0 Å². The molecule has 0 heterocycles. The van der Waals surface area contributed by atoms with Crippen molar-refractivity contribution in [3.05, 3.63) is 59.7 Å². The smallest absolute Gasteiger partial charge is 0.339 e. The Bertz CT molecular complexity index is 1170. The summed E-state index contributed by atoms with van der Waals surface area (Å²) in [5, 5.41) is 20.6. The second-order valence-corrected chi connectivity index (χ2v) is 13.4. The van der Waals surface area contributed by atoms with Crippen molar-refractivity contribution in [2.75, 3.05) is 19.1 Å². The fourth-order valence-electron chi connectivity index (χ4n) is 4.68. The third-order valence-corrected chi connectivity index (χ3v) is 8.01. The Morgan fingerprint density at radius 1 is 0.775 bits per heavy atom. The third-order valence-electron chi connectivity index (χ3n) is 6.51. The highest BCUT2D eigenvalue weighted by molar-refractivity contribution is 7.51. The van der Waals surface area contributed by atoms with E-state index in [0.29, 0.717) is 49.7 Å². The Morgan fingerprint density at radius 2 is 1.32 bits per heavy atom. The van der Waals surface area contributed by atoms with Gasteiger partial charge >= 0.3 is 15.2 Å². The normalized spacial score (nSPS) is 13.2. The number of para-hydroxylation sites is 2. The largest absolute Gasteiger partial charge is 0.508 e. The van der Waals surface area contributed by atoms with Crippen LogP contribution in [0.1, 0.15) is 63.0 Å². The second kappa shape index (κ2) is 16.4. The van der Waals surface area contributed by atoms with Gasteiger partial charge in [-0.1, -0.05) is 56.2 Å². The number of unbranched alkanes of at least 4 members (excludes halogenated alkanes) is 2. The molecule has 0 fully saturated rings. The number of nitrogens with zero attached hydrogens (tertiary/aromatic N) is 2. The van der Waals surface area contributed by atoms with Crippen LogP contribution in [0.4, 0.5) is 0 Å². The Morgan fingerprint density at radius 3 is 1.85 bits per heavy atom. The van der Waals surface area contributed by atoms with Gasteiger partial charge in [-0.2, -0.15) is 0 Å². The molecular weight excluding hydrogens is 558 g/mol. The van der Waals surface area contributed by atoms with Crippen LogP contribution in [0.5, 0.6) is 11.5 Å². The Labute approximate surface area is 235 Å². The Kier molecular flexibility index (Phi) is 14.0. The molecule has 0 amide bonds. The molecule has 0 saturated carbocycles. The van der Waals surface area contributed by atoms with Gasteiger partial charge in [-0.15, -0.1) is 0 Å². The van der Waals surface area contributed by atoms with Crippen molar-refractivity contribution in [3.63, 3.8) is 0 Å². The van der Waals surface area contributed by atoms with Crippen LogP contribution in [-0.4, -0.2) is 70.5 Å². The van der Waals surface area contributed by atoms with E-state index in [2.05, 4.69) is 0 Å². The molecule has 2 aromatic carbocycles.